The fourth-order valence-electron chi connectivity index (χ4n) is 2.54. The van der Waals surface area contributed by atoms with E-state index in [0.717, 1.165) is 31.0 Å². The van der Waals surface area contributed by atoms with Crippen LogP contribution >= 0.6 is 0 Å². The van der Waals surface area contributed by atoms with Crippen LogP contribution in [0.2, 0.25) is 0 Å². The van der Waals surface area contributed by atoms with Crippen LogP contribution in [-0.2, 0) is 6.42 Å². The predicted octanol–water partition coefficient (Wildman–Crippen LogP) is 2.85. The van der Waals surface area contributed by atoms with E-state index in [-0.39, 0.29) is 6.04 Å². The third-order valence-corrected chi connectivity index (χ3v) is 3.59. The van der Waals surface area contributed by atoms with Gasteiger partial charge in [0.15, 0.2) is 5.82 Å². The van der Waals surface area contributed by atoms with Gasteiger partial charge < -0.3 is 15.0 Å². The minimum atomic E-state index is 0.138. The Morgan fingerprint density at radius 2 is 2.15 bits per heavy atom. The molecular weight excluding hydrogens is 248 g/mol. The second-order valence-electron chi connectivity index (χ2n) is 5.43. The van der Waals surface area contributed by atoms with Crippen LogP contribution in [0.1, 0.15) is 39.3 Å². The molecule has 0 amide bonds. The number of rotatable bonds is 7. The van der Waals surface area contributed by atoms with Crippen LogP contribution < -0.4 is 10.6 Å². The van der Waals surface area contributed by atoms with Gasteiger partial charge in [0.2, 0.25) is 0 Å². The van der Waals surface area contributed by atoms with Crippen LogP contribution in [0.15, 0.2) is 24.4 Å². The molecule has 0 aliphatic rings. The topological polar surface area (TPSA) is 46.6 Å². The molecule has 0 aromatic carbocycles. The molecule has 0 bridgehead atoms. The molecule has 0 spiro atoms. The molecular formula is C16H26N4. The molecule has 4 heteroatoms. The molecule has 4 nitrogen and oxygen atoms in total. The van der Waals surface area contributed by atoms with Gasteiger partial charge >= 0.3 is 0 Å². The number of nitrogens with two attached hydrogens (primary N) is 1. The van der Waals surface area contributed by atoms with Crippen molar-refractivity contribution in [3.8, 4) is 0 Å². The maximum Gasteiger partial charge on any atom is 0.151 e. The number of nitrogens with zero attached hydrogens (tertiary/aromatic N) is 3. The minimum Gasteiger partial charge on any atom is -0.355 e. The lowest BCUT2D eigenvalue weighted by molar-refractivity contribution is 0.694. The first-order valence-corrected chi connectivity index (χ1v) is 7.63. The molecule has 2 aromatic rings. The van der Waals surface area contributed by atoms with E-state index in [1.807, 2.05) is 12.1 Å². The lowest BCUT2D eigenvalue weighted by Gasteiger charge is -2.22. The Balaban J connectivity index is 2.43. The third kappa shape index (κ3) is 3.12. The van der Waals surface area contributed by atoms with Crippen LogP contribution in [0.5, 0.6) is 0 Å². The summed E-state index contributed by atoms with van der Waals surface area (Å²) < 4.78 is 2.17. The smallest absolute Gasteiger partial charge is 0.151 e. The standard InChI is InChI=1S/C16H26N4/c1-4-6-10-19(5-2)16-14(12-13(3)17)20-11-8-7-9-15(20)18-16/h7-9,11,13H,4-6,10,12,17H2,1-3H3. The first-order valence-electron chi connectivity index (χ1n) is 7.63. The second-order valence-corrected chi connectivity index (χ2v) is 5.43. The number of fused-ring (bicyclic) bond motifs is 1. The molecule has 0 radical (unpaired) electrons. The highest BCUT2D eigenvalue weighted by atomic mass is 15.2. The normalized spacial score (nSPS) is 12.8. The molecule has 0 saturated carbocycles. The number of anilines is 1. The summed E-state index contributed by atoms with van der Waals surface area (Å²) in [4.78, 5) is 7.19. The Morgan fingerprint density at radius 1 is 1.35 bits per heavy atom. The number of hydrogen-bond acceptors (Lipinski definition) is 3. The van der Waals surface area contributed by atoms with Crippen LogP contribution in [0.4, 0.5) is 5.82 Å². The summed E-state index contributed by atoms with van der Waals surface area (Å²) >= 11 is 0. The van der Waals surface area contributed by atoms with Crippen molar-refractivity contribution in [3.05, 3.63) is 30.1 Å². The zero-order valence-corrected chi connectivity index (χ0v) is 12.8. The Labute approximate surface area is 121 Å². The Bertz CT molecular complexity index is 544. The van der Waals surface area contributed by atoms with Crippen LogP contribution in [-0.4, -0.2) is 28.5 Å². The lowest BCUT2D eigenvalue weighted by atomic mass is 10.2. The summed E-state index contributed by atoms with van der Waals surface area (Å²) in [6.07, 6.45) is 5.33. The van der Waals surface area contributed by atoms with E-state index in [1.54, 1.807) is 0 Å². The molecule has 0 saturated heterocycles. The summed E-state index contributed by atoms with van der Waals surface area (Å²) in [5.74, 6) is 1.10. The number of unbranched alkanes of at least 4 members (excludes halogenated alkanes) is 1. The maximum absolute atomic E-state index is 6.03. The van der Waals surface area contributed by atoms with Crippen molar-refractivity contribution in [3.63, 3.8) is 0 Å². The molecule has 2 N–H and O–H groups in total. The highest BCUT2D eigenvalue weighted by Gasteiger charge is 2.17. The first-order chi connectivity index (χ1) is 9.67. The van der Waals surface area contributed by atoms with E-state index in [9.17, 15) is 0 Å². The lowest BCUT2D eigenvalue weighted by Crippen LogP contribution is -2.27. The van der Waals surface area contributed by atoms with Gasteiger partial charge in [-0.25, -0.2) is 4.98 Å². The monoisotopic (exact) mass is 274 g/mol. The van der Waals surface area contributed by atoms with E-state index in [2.05, 4.69) is 42.3 Å². The predicted molar refractivity (Wildman–Crippen MR) is 85.3 cm³/mol. The van der Waals surface area contributed by atoms with Gasteiger partial charge in [-0.2, -0.15) is 0 Å². The van der Waals surface area contributed by atoms with E-state index in [0.29, 0.717) is 0 Å². The summed E-state index contributed by atoms with van der Waals surface area (Å²) in [5.41, 5.74) is 8.26. The fraction of sp³-hybridized carbons (Fsp3) is 0.562. The molecule has 110 valence electrons. The Morgan fingerprint density at radius 3 is 2.80 bits per heavy atom. The van der Waals surface area contributed by atoms with E-state index in [1.165, 1.54) is 18.5 Å². The summed E-state index contributed by atoms with van der Waals surface area (Å²) in [5, 5.41) is 0. The Hall–Kier alpha value is -1.55. The molecule has 0 fully saturated rings. The van der Waals surface area contributed by atoms with Gasteiger partial charge in [0.05, 0.1) is 5.69 Å². The molecule has 2 heterocycles. The van der Waals surface area contributed by atoms with Crippen molar-refractivity contribution in [1.82, 2.24) is 9.38 Å². The second kappa shape index (κ2) is 6.75. The summed E-state index contributed by atoms with van der Waals surface area (Å²) in [6, 6.07) is 6.27. The van der Waals surface area contributed by atoms with Crippen molar-refractivity contribution in [2.24, 2.45) is 5.73 Å². The van der Waals surface area contributed by atoms with Crippen molar-refractivity contribution < 1.29 is 0 Å². The van der Waals surface area contributed by atoms with Crippen LogP contribution in [0.25, 0.3) is 5.65 Å². The van der Waals surface area contributed by atoms with Crippen molar-refractivity contribution in [1.29, 1.82) is 0 Å². The van der Waals surface area contributed by atoms with Gasteiger partial charge in [-0.15, -0.1) is 0 Å². The first kappa shape index (κ1) is 14.9. The molecule has 1 atom stereocenters. The molecule has 0 aliphatic carbocycles. The number of pyridine rings is 1. The number of hydrogen-bond donors (Lipinski definition) is 1. The van der Waals surface area contributed by atoms with Crippen molar-refractivity contribution in [2.75, 3.05) is 18.0 Å². The van der Waals surface area contributed by atoms with Crippen LogP contribution in [0, 0.1) is 0 Å². The zero-order valence-electron chi connectivity index (χ0n) is 12.8. The quantitative estimate of drug-likeness (QED) is 0.844. The highest BCUT2D eigenvalue weighted by Crippen LogP contribution is 2.23. The van der Waals surface area contributed by atoms with Crippen molar-refractivity contribution in [2.45, 2.75) is 46.1 Å². The zero-order chi connectivity index (χ0) is 14.5. The Kier molecular flexibility index (Phi) is 5.01. The average molecular weight is 274 g/mol. The van der Waals surface area contributed by atoms with Gasteiger partial charge in [-0.1, -0.05) is 19.4 Å². The van der Waals surface area contributed by atoms with Gasteiger partial charge in [0.25, 0.3) is 0 Å². The molecule has 20 heavy (non-hydrogen) atoms. The van der Waals surface area contributed by atoms with Crippen molar-refractivity contribution >= 4 is 11.5 Å². The number of aromatic nitrogens is 2. The fourth-order valence-corrected chi connectivity index (χ4v) is 2.54. The SMILES string of the molecule is CCCCN(CC)c1nc2ccccn2c1CC(C)N. The van der Waals surface area contributed by atoms with E-state index >= 15 is 0 Å². The highest BCUT2D eigenvalue weighted by molar-refractivity contribution is 5.56. The molecule has 2 aromatic heterocycles. The minimum absolute atomic E-state index is 0.138. The summed E-state index contributed by atoms with van der Waals surface area (Å²) in [7, 11) is 0. The molecule has 1 unspecified atom stereocenters. The summed E-state index contributed by atoms with van der Waals surface area (Å²) in [6.45, 7) is 8.50. The molecule has 0 aliphatic heterocycles. The largest absolute Gasteiger partial charge is 0.355 e. The van der Waals surface area contributed by atoms with Gasteiger partial charge in [0, 0.05) is 31.7 Å². The number of imidazole rings is 1. The van der Waals surface area contributed by atoms with Gasteiger partial charge in [0.1, 0.15) is 5.65 Å². The average Bonchev–Trinajstić information content (AvgIpc) is 2.78. The van der Waals surface area contributed by atoms with Crippen LogP contribution in [0.3, 0.4) is 0 Å². The van der Waals surface area contributed by atoms with Gasteiger partial charge in [-0.3, -0.25) is 0 Å². The van der Waals surface area contributed by atoms with E-state index < -0.39 is 0 Å². The van der Waals surface area contributed by atoms with Gasteiger partial charge in [-0.05, 0) is 32.4 Å². The van der Waals surface area contributed by atoms with E-state index in [4.69, 9.17) is 10.7 Å². The maximum atomic E-state index is 6.03. The third-order valence-electron chi connectivity index (χ3n) is 3.59. The molecule has 2 rings (SSSR count).